The van der Waals surface area contributed by atoms with E-state index in [1.165, 1.54) is 0 Å². The average Bonchev–Trinajstić information content (AvgIpc) is 2.55. The largest absolute Gasteiger partial charge is 0.417 e. The molecule has 26 heavy (non-hydrogen) atoms. The molecule has 0 saturated heterocycles. The summed E-state index contributed by atoms with van der Waals surface area (Å²) in [6.45, 7) is 0. The number of anilines is 3. The third-order valence-electron chi connectivity index (χ3n) is 3.28. The van der Waals surface area contributed by atoms with Gasteiger partial charge in [0.2, 0.25) is 11.9 Å². The van der Waals surface area contributed by atoms with Crippen molar-refractivity contribution in [3.8, 4) is 11.4 Å². The number of halogens is 5. The van der Waals surface area contributed by atoms with Crippen LogP contribution in [0.2, 0.25) is 5.02 Å². The van der Waals surface area contributed by atoms with E-state index < -0.39 is 11.7 Å². The Morgan fingerprint density at radius 2 is 1.69 bits per heavy atom. The summed E-state index contributed by atoms with van der Waals surface area (Å²) >= 11 is 9.16. The molecule has 3 N–H and O–H groups in total. The van der Waals surface area contributed by atoms with E-state index in [1.807, 2.05) is 0 Å². The average molecular weight is 445 g/mol. The van der Waals surface area contributed by atoms with Crippen LogP contribution in [0.5, 0.6) is 0 Å². The molecule has 1 heterocycles. The number of nitrogen functional groups attached to an aromatic ring is 1. The molecule has 3 aromatic rings. The Bertz CT molecular complexity index is 948. The van der Waals surface area contributed by atoms with E-state index in [0.717, 1.165) is 22.7 Å². The number of nitrogens with zero attached hydrogens (tertiary/aromatic N) is 3. The lowest BCUT2D eigenvalue weighted by Crippen LogP contribution is -2.10. The molecule has 0 aliphatic heterocycles. The van der Waals surface area contributed by atoms with Crippen molar-refractivity contribution < 1.29 is 13.2 Å². The third-order valence-corrected chi connectivity index (χ3v) is 4.04. The number of aromatic nitrogens is 3. The van der Waals surface area contributed by atoms with E-state index >= 15 is 0 Å². The quantitative estimate of drug-likeness (QED) is 0.573. The van der Waals surface area contributed by atoms with Gasteiger partial charge in [-0.2, -0.15) is 28.1 Å². The molecule has 0 bridgehead atoms. The highest BCUT2D eigenvalue weighted by molar-refractivity contribution is 9.10. The maximum atomic E-state index is 13.3. The fraction of sp³-hybridized carbons (Fsp3) is 0.0625. The van der Waals surface area contributed by atoms with Gasteiger partial charge in [-0.25, -0.2) is 0 Å². The Hall–Kier alpha value is -2.39. The molecule has 0 amide bonds. The van der Waals surface area contributed by atoms with Crippen LogP contribution in [0, 0.1) is 0 Å². The second-order valence-corrected chi connectivity index (χ2v) is 6.51. The molecule has 5 nitrogen and oxygen atoms in total. The van der Waals surface area contributed by atoms with E-state index in [1.54, 1.807) is 24.3 Å². The zero-order chi connectivity index (χ0) is 18.9. The molecule has 0 saturated carbocycles. The van der Waals surface area contributed by atoms with Gasteiger partial charge in [-0.1, -0.05) is 27.5 Å². The van der Waals surface area contributed by atoms with Crippen LogP contribution in [-0.4, -0.2) is 15.0 Å². The van der Waals surface area contributed by atoms with Gasteiger partial charge in [0, 0.05) is 20.7 Å². The molecule has 3 rings (SSSR count). The maximum absolute atomic E-state index is 13.3. The van der Waals surface area contributed by atoms with Gasteiger partial charge in [-0.15, -0.1) is 0 Å². The predicted octanol–water partition coefficient (Wildman–Crippen LogP) is 5.30. The molecule has 0 aliphatic carbocycles. The highest BCUT2D eigenvalue weighted by atomic mass is 79.9. The van der Waals surface area contributed by atoms with E-state index in [4.69, 9.17) is 17.3 Å². The first-order chi connectivity index (χ1) is 12.2. The van der Waals surface area contributed by atoms with Crippen molar-refractivity contribution in [3.63, 3.8) is 0 Å². The molecule has 1 aromatic heterocycles. The van der Waals surface area contributed by atoms with Crippen LogP contribution < -0.4 is 11.1 Å². The Morgan fingerprint density at radius 1 is 1.00 bits per heavy atom. The van der Waals surface area contributed by atoms with Crippen LogP contribution in [0.4, 0.5) is 30.8 Å². The van der Waals surface area contributed by atoms with Crippen LogP contribution >= 0.6 is 27.5 Å². The summed E-state index contributed by atoms with van der Waals surface area (Å²) in [4.78, 5) is 11.8. The number of alkyl halides is 3. The van der Waals surface area contributed by atoms with Crippen molar-refractivity contribution in [1.82, 2.24) is 15.0 Å². The second kappa shape index (κ2) is 7.08. The third kappa shape index (κ3) is 4.23. The molecule has 2 aromatic carbocycles. The van der Waals surface area contributed by atoms with Gasteiger partial charge < -0.3 is 11.1 Å². The molecule has 0 atom stereocenters. The van der Waals surface area contributed by atoms with E-state index in [0.29, 0.717) is 5.69 Å². The summed E-state index contributed by atoms with van der Waals surface area (Å²) in [5.41, 5.74) is 5.08. The van der Waals surface area contributed by atoms with Crippen LogP contribution in [0.3, 0.4) is 0 Å². The van der Waals surface area contributed by atoms with E-state index in [2.05, 4.69) is 36.2 Å². The molecule has 10 heteroatoms. The van der Waals surface area contributed by atoms with Gasteiger partial charge in [0.1, 0.15) is 0 Å². The van der Waals surface area contributed by atoms with Crippen LogP contribution in [-0.2, 0) is 6.18 Å². The Balaban J connectivity index is 2.06. The van der Waals surface area contributed by atoms with Crippen LogP contribution in [0.1, 0.15) is 5.56 Å². The molecule has 0 radical (unpaired) electrons. The number of hydrogen-bond acceptors (Lipinski definition) is 5. The van der Waals surface area contributed by atoms with E-state index in [-0.39, 0.29) is 28.3 Å². The normalized spacial score (nSPS) is 11.4. The first kappa shape index (κ1) is 18.4. The van der Waals surface area contributed by atoms with E-state index in [9.17, 15) is 13.2 Å². The molecular formula is C16H10BrClF3N5. The first-order valence-corrected chi connectivity index (χ1v) is 8.31. The number of nitrogens with two attached hydrogens (primary N) is 1. The summed E-state index contributed by atoms with van der Waals surface area (Å²) in [5, 5.41) is 3.00. The van der Waals surface area contributed by atoms with Gasteiger partial charge >= 0.3 is 6.18 Å². The van der Waals surface area contributed by atoms with Gasteiger partial charge in [0.15, 0.2) is 5.82 Å². The van der Waals surface area contributed by atoms with Gasteiger partial charge in [0.05, 0.1) is 5.56 Å². The minimum atomic E-state index is -4.60. The van der Waals surface area contributed by atoms with Gasteiger partial charge in [-0.05, 0) is 42.5 Å². The molecule has 0 unspecified atom stereocenters. The van der Waals surface area contributed by atoms with Gasteiger partial charge in [-0.3, -0.25) is 0 Å². The summed E-state index contributed by atoms with van der Waals surface area (Å²) in [6, 6.07) is 10.2. The number of hydrogen-bond donors (Lipinski definition) is 2. The zero-order valence-corrected chi connectivity index (χ0v) is 15.2. The van der Waals surface area contributed by atoms with Crippen molar-refractivity contribution in [2.45, 2.75) is 6.18 Å². The number of nitrogens with one attached hydrogen (secondary N) is 1. The minimum Gasteiger partial charge on any atom is -0.368 e. The molecular weight excluding hydrogens is 435 g/mol. The summed E-state index contributed by atoms with van der Waals surface area (Å²) < 4.78 is 40.7. The topological polar surface area (TPSA) is 76.7 Å². The lowest BCUT2D eigenvalue weighted by Gasteiger charge is -2.13. The molecule has 0 fully saturated rings. The van der Waals surface area contributed by atoms with Gasteiger partial charge in [0.25, 0.3) is 0 Å². The second-order valence-electron chi connectivity index (χ2n) is 5.16. The highest BCUT2D eigenvalue weighted by Gasteiger charge is 2.34. The standard InChI is InChI=1S/C16H10BrClF3N5/c17-8-1-4-10(5-2-8)23-15-25-13(24-14(22)26-15)11-7-9(18)3-6-12(11)16(19,20)21/h1-7H,(H3,22,23,24,25,26). The Labute approximate surface area is 159 Å². The number of benzene rings is 2. The predicted molar refractivity (Wildman–Crippen MR) is 97.1 cm³/mol. The first-order valence-electron chi connectivity index (χ1n) is 7.13. The lowest BCUT2D eigenvalue weighted by atomic mass is 10.1. The smallest absolute Gasteiger partial charge is 0.368 e. The van der Waals surface area contributed by atoms with Crippen LogP contribution in [0.25, 0.3) is 11.4 Å². The van der Waals surface area contributed by atoms with Crippen LogP contribution in [0.15, 0.2) is 46.9 Å². The molecule has 134 valence electrons. The Kier molecular flexibility index (Phi) is 5.01. The zero-order valence-electron chi connectivity index (χ0n) is 12.9. The van der Waals surface area contributed by atoms with Crippen molar-refractivity contribution in [3.05, 3.63) is 57.5 Å². The van der Waals surface area contributed by atoms with Crippen molar-refractivity contribution in [1.29, 1.82) is 0 Å². The van der Waals surface area contributed by atoms with Crippen molar-refractivity contribution in [2.75, 3.05) is 11.1 Å². The SMILES string of the molecule is Nc1nc(Nc2ccc(Br)cc2)nc(-c2cc(Cl)ccc2C(F)(F)F)n1. The molecule has 0 aliphatic rings. The Morgan fingerprint density at radius 3 is 2.35 bits per heavy atom. The highest BCUT2D eigenvalue weighted by Crippen LogP contribution is 2.37. The fourth-order valence-corrected chi connectivity index (χ4v) is 2.62. The minimum absolute atomic E-state index is 0.0166. The maximum Gasteiger partial charge on any atom is 0.417 e. The lowest BCUT2D eigenvalue weighted by molar-refractivity contribution is -0.137. The summed E-state index contributed by atoms with van der Waals surface area (Å²) in [5.74, 6) is -0.433. The monoisotopic (exact) mass is 443 g/mol. The van der Waals surface area contributed by atoms with Crippen molar-refractivity contribution in [2.24, 2.45) is 0 Å². The summed E-state index contributed by atoms with van der Waals surface area (Å²) in [6.07, 6.45) is -4.60. The summed E-state index contributed by atoms with van der Waals surface area (Å²) in [7, 11) is 0. The van der Waals surface area contributed by atoms with Crippen molar-refractivity contribution >= 4 is 45.1 Å². The fourth-order valence-electron chi connectivity index (χ4n) is 2.18. The number of rotatable bonds is 3. The molecule has 0 spiro atoms.